The van der Waals surface area contributed by atoms with E-state index < -0.39 is 0 Å². The van der Waals surface area contributed by atoms with Crippen LogP contribution in [0, 0.1) is 0 Å². The van der Waals surface area contributed by atoms with E-state index >= 15 is 0 Å². The first kappa shape index (κ1) is 14.5. The number of aromatic nitrogens is 1. The lowest BCUT2D eigenvalue weighted by Crippen LogP contribution is -2.29. The zero-order valence-corrected chi connectivity index (χ0v) is 13.5. The van der Waals surface area contributed by atoms with E-state index in [4.69, 9.17) is 4.74 Å². The fourth-order valence-electron chi connectivity index (χ4n) is 3.09. The number of hydrogen-bond donors (Lipinski definition) is 1. The van der Waals surface area contributed by atoms with Crippen molar-refractivity contribution in [3.8, 4) is 5.75 Å². The van der Waals surface area contributed by atoms with Crippen LogP contribution in [0.1, 0.15) is 54.4 Å². The van der Waals surface area contributed by atoms with Crippen molar-refractivity contribution >= 4 is 11.3 Å². The molecule has 0 spiro atoms. The third-order valence-electron chi connectivity index (χ3n) is 4.23. The number of aryl methyl sites for hydroxylation is 1. The van der Waals surface area contributed by atoms with E-state index in [1.165, 1.54) is 35.4 Å². The monoisotopic (exact) mass is 302 g/mol. The number of fused-ring (bicyclic) bond motifs is 1. The van der Waals surface area contributed by atoms with Gasteiger partial charge in [-0.25, -0.2) is 4.98 Å². The molecule has 0 bridgehead atoms. The van der Waals surface area contributed by atoms with Crippen LogP contribution in [0.5, 0.6) is 5.75 Å². The average molecular weight is 302 g/mol. The summed E-state index contributed by atoms with van der Waals surface area (Å²) in [4.78, 5) is 4.47. The lowest BCUT2D eigenvalue weighted by atomic mass is 9.87. The van der Waals surface area contributed by atoms with E-state index in [1.807, 2.05) is 6.20 Å². The molecular formula is C17H22N2OS. The van der Waals surface area contributed by atoms with Gasteiger partial charge in [-0.05, 0) is 48.9 Å². The number of methoxy groups -OCH3 is 1. The highest BCUT2D eigenvalue weighted by Crippen LogP contribution is 2.34. The van der Waals surface area contributed by atoms with Crippen LogP contribution >= 0.6 is 11.3 Å². The van der Waals surface area contributed by atoms with Crippen LogP contribution in [-0.2, 0) is 6.42 Å². The minimum absolute atomic E-state index is 0.340. The topological polar surface area (TPSA) is 34.1 Å². The Morgan fingerprint density at radius 2 is 2.38 bits per heavy atom. The molecule has 1 heterocycles. The molecule has 3 rings (SSSR count). The Kier molecular flexibility index (Phi) is 4.56. The van der Waals surface area contributed by atoms with Gasteiger partial charge >= 0.3 is 0 Å². The van der Waals surface area contributed by atoms with Crippen LogP contribution in [-0.4, -0.2) is 12.1 Å². The fraction of sp³-hybridized carbons (Fsp3) is 0.471. The molecule has 112 valence electrons. The van der Waals surface area contributed by atoms with Gasteiger partial charge in [-0.1, -0.05) is 13.0 Å². The zero-order chi connectivity index (χ0) is 14.7. The maximum atomic E-state index is 5.39. The molecule has 3 nitrogen and oxygen atoms in total. The van der Waals surface area contributed by atoms with Gasteiger partial charge < -0.3 is 10.1 Å². The summed E-state index contributed by atoms with van der Waals surface area (Å²) in [7, 11) is 1.73. The highest BCUT2D eigenvalue weighted by atomic mass is 32.1. The molecule has 0 aliphatic heterocycles. The van der Waals surface area contributed by atoms with Crippen molar-refractivity contribution in [3.63, 3.8) is 0 Å². The van der Waals surface area contributed by atoms with E-state index in [0.29, 0.717) is 12.1 Å². The lowest BCUT2D eigenvalue weighted by Gasteiger charge is -2.30. The molecule has 0 amide bonds. The van der Waals surface area contributed by atoms with E-state index in [0.717, 1.165) is 12.2 Å². The van der Waals surface area contributed by atoms with Gasteiger partial charge in [0.15, 0.2) is 0 Å². The summed E-state index contributed by atoms with van der Waals surface area (Å²) < 4.78 is 5.39. The van der Waals surface area contributed by atoms with Gasteiger partial charge in [0.1, 0.15) is 10.8 Å². The summed E-state index contributed by atoms with van der Waals surface area (Å²) in [6.45, 7) is 2.22. The third-order valence-corrected chi connectivity index (χ3v) is 5.12. The van der Waals surface area contributed by atoms with Gasteiger partial charge in [-0.2, -0.15) is 0 Å². The number of nitrogens with one attached hydrogen (secondary N) is 1. The molecule has 2 aromatic rings. The van der Waals surface area contributed by atoms with Gasteiger partial charge in [-0.15, -0.1) is 11.3 Å². The molecule has 1 aliphatic carbocycles. The molecule has 1 aliphatic rings. The molecule has 1 N–H and O–H groups in total. The van der Waals surface area contributed by atoms with E-state index in [1.54, 1.807) is 18.4 Å². The molecule has 0 radical (unpaired) electrons. The maximum absolute atomic E-state index is 5.39. The quantitative estimate of drug-likeness (QED) is 0.895. The van der Waals surface area contributed by atoms with Crippen molar-refractivity contribution in [1.82, 2.24) is 10.3 Å². The smallest absolute Gasteiger partial charge is 0.119 e. The van der Waals surface area contributed by atoms with Crippen LogP contribution in [0.2, 0.25) is 0 Å². The second-order valence-corrected chi connectivity index (χ2v) is 6.43. The summed E-state index contributed by atoms with van der Waals surface area (Å²) in [6, 6.07) is 7.22. The Hall–Kier alpha value is -1.39. The van der Waals surface area contributed by atoms with E-state index in [2.05, 4.69) is 40.8 Å². The molecule has 2 unspecified atom stereocenters. The van der Waals surface area contributed by atoms with Gasteiger partial charge in [0.2, 0.25) is 0 Å². The van der Waals surface area contributed by atoms with Crippen LogP contribution in [0.4, 0.5) is 0 Å². The summed E-state index contributed by atoms with van der Waals surface area (Å²) in [6.07, 6.45) is 6.55. The Bertz CT molecular complexity index is 582. The predicted octanol–water partition coefficient (Wildman–Crippen LogP) is 4.27. The molecule has 21 heavy (non-hydrogen) atoms. The van der Waals surface area contributed by atoms with Crippen molar-refractivity contribution in [2.75, 3.05) is 7.11 Å². The maximum Gasteiger partial charge on any atom is 0.119 e. The Balaban J connectivity index is 1.84. The minimum Gasteiger partial charge on any atom is -0.497 e. The number of nitrogens with zero attached hydrogens (tertiary/aromatic N) is 1. The second-order valence-electron chi connectivity index (χ2n) is 5.51. The van der Waals surface area contributed by atoms with Crippen LogP contribution in [0.3, 0.4) is 0 Å². The number of thiazole rings is 1. The molecule has 0 saturated carbocycles. The second kappa shape index (κ2) is 6.58. The molecule has 1 aromatic carbocycles. The molecular weight excluding hydrogens is 280 g/mol. The highest BCUT2D eigenvalue weighted by Gasteiger charge is 2.24. The SMILES string of the molecule is CCC(NC1CCCc2ccc(OC)cc21)c1nccs1. The third kappa shape index (κ3) is 3.11. The Labute approximate surface area is 130 Å². The minimum atomic E-state index is 0.340. The first-order chi connectivity index (χ1) is 10.3. The summed E-state index contributed by atoms with van der Waals surface area (Å²) in [5.41, 5.74) is 2.85. The average Bonchev–Trinajstić information content (AvgIpc) is 3.06. The van der Waals surface area contributed by atoms with Crippen molar-refractivity contribution < 1.29 is 4.74 Å². The number of ether oxygens (including phenoxy) is 1. The van der Waals surface area contributed by atoms with Crippen molar-refractivity contribution in [1.29, 1.82) is 0 Å². The number of hydrogen-bond acceptors (Lipinski definition) is 4. The number of benzene rings is 1. The number of rotatable bonds is 5. The van der Waals surface area contributed by atoms with Crippen molar-refractivity contribution in [2.24, 2.45) is 0 Å². The first-order valence-electron chi connectivity index (χ1n) is 7.64. The lowest BCUT2D eigenvalue weighted by molar-refractivity contribution is 0.385. The predicted molar refractivity (Wildman–Crippen MR) is 87.0 cm³/mol. The summed E-state index contributed by atoms with van der Waals surface area (Å²) >= 11 is 1.73. The van der Waals surface area contributed by atoms with Crippen molar-refractivity contribution in [2.45, 2.75) is 44.7 Å². The van der Waals surface area contributed by atoms with Crippen molar-refractivity contribution in [3.05, 3.63) is 45.9 Å². The van der Waals surface area contributed by atoms with Gasteiger partial charge in [-0.3, -0.25) is 0 Å². The zero-order valence-electron chi connectivity index (χ0n) is 12.6. The van der Waals surface area contributed by atoms with Crippen LogP contribution in [0.15, 0.2) is 29.8 Å². The molecule has 1 aromatic heterocycles. The first-order valence-corrected chi connectivity index (χ1v) is 8.52. The van der Waals surface area contributed by atoms with Gasteiger partial charge in [0, 0.05) is 17.6 Å². The summed E-state index contributed by atoms with van der Waals surface area (Å²) in [5, 5.41) is 7.05. The Morgan fingerprint density at radius 1 is 1.48 bits per heavy atom. The van der Waals surface area contributed by atoms with Gasteiger partial charge in [0.05, 0.1) is 13.2 Å². The van der Waals surface area contributed by atoms with Crippen LogP contribution in [0.25, 0.3) is 0 Å². The molecule has 0 saturated heterocycles. The standard InChI is InChI=1S/C17H22N2OS/c1-3-15(17-18-9-10-21-17)19-16-6-4-5-12-7-8-13(20-2)11-14(12)16/h7-11,15-16,19H,3-6H2,1-2H3. The van der Waals surface area contributed by atoms with E-state index in [-0.39, 0.29) is 0 Å². The summed E-state index contributed by atoms with van der Waals surface area (Å²) in [5.74, 6) is 0.949. The van der Waals surface area contributed by atoms with Crippen LogP contribution < -0.4 is 10.1 Å². The fourth-order valence-corrected chi connectivity index (χ4v) is 3.87. The molecule has 4 heteroatoms. The normalized spacial score (nSPS) is 19.0. The largest absolute Gasteiger partial charge is 0.497 e. The highest BCUT2D eigenvalue weighted by molar-refractivity contribution is 7.09. The molecule has 2 atom stereocenters. The Morgan fingerprint density at radius 3 is 3.10 bits per heavy atom. The van der Waals surface area contributed by atoms with Gasteiger partial charge in [0.25, 0.3) is 0 Å². The van der Waals surface area contributed by atoms with E-state index in [9.17, 15) is 0 Å². The molecule has 0 fully saturated rings.